The molecule has 13 nitrogen and oxygen atoms in total. The molecule has 0 bridgehead atoms. The Bertz CT molecular complexity index is 498. The van der Waals surface area contributed by atoms with Gasteiger partial charge in [0.2, 0.25) is 0 Å². The van der Waals surface area contributed by atoms with E-state index in [1.54, 1.807) is 0 Å². The lowest BCUT2D eigenvalue weighted by Crippen LogP contribution is -2.32. The van der Waals surface area contributed by atoms with Crippen LogP contribution in [0.25, 0.3) is 0 Å². The van der Waals surface area contributed by atoms with Crippen molar-refractivity contribution in [2.24, 2.45) is 0 Å². The van der Waals surface area contributed by atoms with Gasteiger partial charge in [-0.3, -0.25) is 13.8 Å². The van der Waals surface area contributed by atoms with Crippen LogP contribution in [0.5, 0.6) is 0 Å². The maximum absolute atomic E-state index is 11.5. The molecule has 0 aromatic rings. The number of carboxylic acid groups (broad SMARTS) is 1. The van der Waals surface area contributed by atoms with E-state index in [2.05, 4.69) is 18.8 Å². The van der Waals surface area contributed by atoms with Gasteiger partial charge in [-0.05, 0) is 6.92 Å². The first-order valence-electron chi connectivity index (χ1n) is 5.21. The van der Waals surface area contributed by atoms with E-state index in [4.69, 9.17) is 20.2 Å². The van der Waals surface area contributed by atoms with Crippen molar-refractivity contribution >= 4 is 28.8 Å². The number of aliphatic carboxylic acids is 1. The molecular formula is C6H13O13P3. The first kappa shape index (κ1) is 21.7. The molecule has 0 fully saturated rings. The van der Waals surface area contributed by atoms with E-state index in [9.17, 15) is 23.4 Å². The molecule has 0 rings (SSSR count). The number of phosphoric ester groups is 1. The number of carbonyl (C=O) groups is 1. The maximum atomic E-state index is 11.5. The van der Waals surface area contributed by atoms with Gasteiger partial charge in [0.25, 0.3) is 0 Å². The fourth-order valence-electron chi connectivity index (χ4n) is 1.29. The monoisotopic (exact) mass is 386 g/mol. The lowest BCUT2D eigenvalue weighted by atomic mass is 9.99. The Morgan fingerprint density at radius 1 is 1.36 bits per heavy atom. The van der Waals surface area contributed by atoms with Crippen molar-refractivity contribution in [2.75, 3.05) is 6.61 Å². The molecule has 0 heterocycles. The van der Waals surface area contributed by atoms with Crippen LogP contribution in [0, 0.1) is 0 Å². The molecule has 130 valence electrons. The van der Waals surface area contributed by atoms with E-state index < -0.39 is 53.8 Å². The van der Waals surface area contributed by atoms with Crippen molar-refractivity contribution in [1.29, 1.82) is 0 Å². The molecule has 0 spiro atoms. The second-order valence-corrected chi connectivity index (χ2v) is 9.47. The molecule has 0 aliphatic rings. The highest BCUT2D eigenvalue weighted by molar-refractivity contribution is 8.20. The fraction of sp³-hybridized carbons (Fsp3) is 0.833. The quantitative estimate of drug-likeness (QED) is 0.215. The molecule has 16 heteroatoms. The van der Waals surface area contributed by atoms with Crippen molar-refractivity contribution in [3.63, 3.8) is 0 Å². The molecule has 0 aromatic carbocycles. The molecule has 3 atom stereocenters. The summed E-state index contributed by atoms with van der Waals surface area (Å²) in [4.78, 5) is 38.8. The van der Waals surface area contributed by atoms with Gasteiger partial charge >= 0.3 is 28.8 Å². The van der Waals surface area contributed by atoms with E-state index >= 15 is 0 Å². The Morgan fingerprint density at radius 2 is 1.91 bits per heavy atom. The summed E-state index contributed by atoms with van der Waals surface area (Å²) in [5, 5.41) is 19.6. The molecule has 4 N–H and O–H groups in total. The predicted molar refractivity (Wildman–Crippen MR) is 64.4 cm³/mol. The maximum Gasteiger partial charge on any atom is 0.596 e. The zero-order valence-electron chi connectivity index (χ0n) is 10.9. The summed E-state index contributed by atoms with van der Waals surface area (Å²) >= 11 is 0. The van der Waals surface area contributed by atoms with Crippen molar-refractivity contribution < 1.29 is 62.3 Å². The summed E-state index contributed by atoms with van der Waals surface area (Å²) < 4.78 is 45.2. The van der Waals surface area contributed by atoms with Crippen LogP contribution in [0.3, 0.4) is 0 Å². The molecule has 0 amide bonds. The van der Waals surface area contributed by atoms with Crippen LogP contribution in [0.15, 0.2) is 0 Å². The van der Waals surface area contributed by atoms with Crippen molar-refractivity contribution in [3.8, 4) is 0 Å². The van der Waals surface area contributed by atoms with Gasteiger partial charge in [0.15, 0.2) is 0 Å². The van der Waals surface area contributed by atoms with Crippen LogP contribution in [0.1, 0.15) is 19.8 Å². The third kappa shape index (κ3) is 8.37. The number of hydrogen-bond donors (Lipinski definition) is 4. The van der Waals surface area contributed by atoms with Gasteiger partial charge in [0.05, 0.1) is 18.6 Å². The Balaban J connectivity index is 4.90. The first-order chi connectivity index (χ1) is 9.83. The predicted octanol–water partition coefficient (Wildman–Crippen LogP) is 0.368. The van der Waals surface area contributed by atoms with E-state index in [1.165, 1.54) is 0 Å². The minimum absolute atomic E-state index is 0.577. The van der Waals surface area contributed by atoms with Crippen LogP contribution in [-0.2, 0) is 37.2 Å². The average molecular weight is 386 g/mol. The number of carboxylic acids is 1. The lowest BCUT2D eigenvalue weighted by Gasteiger charge is -2.27. The number of rotatable bonds is 11. The third-order valence-electron chi connectivity index (χ3n) is 2.08. The van der Waals surface area contributed by atoms with Crippen LogP contribution in [-0.4, -0.2) is 38.3 Å². The second kappa shape index (κ2) is 8.53. The van der Waals surface area contributed by atoms with Crippen molar-refractivity contribution in [2.45, 2.75) is 25.4 Å². The largest absolute Gasteiger partial charge is 0.596 e. The Hall–Kier alpha value is -0.290. The summed E-state index contributed by atoms with van der Waals surface area (Å²) in [5.74, 6) is -1.47. The van der Waals surface area contributed by atoms with Gasteiger partial charge < -0.3 is 19.8 Å². The standard InChI is InChI=1S/C6H13O13P3/c1-6(4-5(7)8,17-21(12,13)14)2-3-16-22(15,19-18-9)20(10)11/h9H,2-4H2,1H3,(H,7,8)(H2,12,13,14). The summed E-state index contributed by atoms with van der Waals surface area (Å²) in [6, 6.07) is 0. The highest BCUT2D eigenvalue weighted by Gasteiger charge is 2.45. The van der Waals surface area contributed by atoms with Crippen LogP contribution < -0.4 is 4.89 Å². The van der Waals surface area contributed by atoms with Gasteiger partial charge in [-0.15, -0.1) is 0 Å². The minimum Gasteiger partial charge on any atom is -0.587 e. The summed E-state index contributed by atoms with van der Waals surface area (Å²) in [5.41, 5.74) is -1.95. The average Bonchev–Trinajstić information content (AvgIpc) is 2.24. The Kier molecular flexibility index (Phi) is 8.42. The van der Waals surface area contributed by atoms with Crippen molar-refractivity contribution in [1.82, 2.24) is 0 Å². The SMILES string of the molecule is CC(CCOP(=O)(OOO)[P+](=O)[O-])(CC(=O)O)OP(=O)(O)O. The highest BCUT2D eigenvalue weighted by atomic mass is 32.1. The smallest absolute Gasteiger partial charge is 0.587 e. The van der Waals surface area contributed by atoms with Gasteiger partial charge in [-0.1, -0.05) is 14.3 Å². The molecule has 0 saturated carbocycles. The zero-order chi connectivity index (χ0) is 17.6. The van der Waals surface area contributed by atoms with Crippen molar-refractivity contribution in [3.05, 3.63) is 0 Å². The molecule has 0 aromatic heterocycles. The van der Waals surface area contributed by atoms with Gasteiger partial charge in [-0.25, -0.2) is 14.4 Å². The topological polar surface area (TPSA) is 209 Å². The molecule has 22 heavy (non-hydrogen) atoms. The number of hydrogen-bond acceptors (Lipinski definition) is 10. The molecule has 3 unspecified atom stereocenters. The van der Waals surface area contributed by atoms with Crippen LogP contribution in [0.2, 0.25) is 0 Å². The fourth-order valence-corrected chi connectivity index (χ4v) is 3.40. The molecule has 0 saturated heterocycles. The molecule has 0 radical (unpaired) electrons. The van der Waals surface area contributed by atoms with E-state index in [0.717, 1.165) is 6.92 Å². The zero-order valence-corrected chi connectivity index (χ0v) is 13.6. The summed E-state index contributed by atoms with van der Waals surface area (Å²) in [6.45, 7) is 0.211. The Labute approximate surface area is 124 Å². The van der Waals surface area contributed by atoms with E-state index in [-0.39, 0.29) is 0 Å². The summed E-state index contributed by atoms with van der Waals surface area (Å²) in [7, 11) is -13.8. The Morgan fingerprint density at radius 3 is 2.27 bits per heavy atom. The molecule has 0 aliphatic carbocycles. The first-order valence-corrected chi connectivity index (χ1v) is 10.2. The van der Waals surface area contributed by atoms with E-state index in [0.29, 0.717) is 0 Å². The minimum atomic E-state index is -5.06. The van der Waals surface area contributed by atoms with Gasteiger partial charge in [0.1, 0.15) is 0 Å². The highest BCUT2D eigenvalue weighted by Crippen LogP contribution is 2.66. The molecule has 0 aliphatic heterocycles. The van der Waals surface area contributed by atoms with E-state index in [1.807, 2.05) is 0 Å². The normalized spacial score (nSPS) is 18.3. The number of phosphoric acid groups is 1. The molecular weight excluding hydrogens is 373 g/mol. The van der Waals surface area contributed by atoms with Crippen LogP contribution >= 0.6 is 22.8 Å². The van der Waals surface area contributed by atoms with Gasteiger partial charge in [0, 0.05) is 6.42 Å². The van der Waals surface area contributed by atoms with Gasteiger partial charge in [-0.2, -0.15) is 0 Å². The third-order valence-corrected chi connectivity index (χ3v) is 5.67. The lowest BCUT2D eigenvalue weighted by molar-refractivity contribution is -0.442. The summed E-state index contributed by atoms with van der Waals surface area (Å²) in [6.07, 6.45) is -1.45. The van der Waals surface area contributed by atoms with Crippen LogP contribution in [0.4, 0.5) is 0 Å². The second-order valence-electron chi connectivity index (χ2n) is 4.04.